The Hall–Kier alpha value is -1.63. The highest BCUT2D eigenvalue weighted by atomic mass is 35.5. The van der Waals surface area contributed by atoms with Crippen molar-refractivity contribution in [2.24, 2.45) is 0 Å². The number of aryl methyl sites for hydroxylation is 1. The third-order valence-electron chi connectivity index (χ3n) is 3.72. The number of β-amino-alcohol motifs (C(OH)–C–C–N with tert-alkyl or cyclic N) is 1. The second-order valence-corrected chi connectivity index (χ2v) is 5.71. The fourth-order valence-electron chi connectivity index (χ4n) is 2.36. The number of nitrogens with one attached hydrogen (secondary N) is 1. The molecule has 0 saturated carbocycles. The molecule has 0 aromatic heterocycles. The quantitative estimate of drug-likeness (QED) is 0.803. The molecule has 120 valence electrons. The van der Waals surface area contributed by atoms with Gasteiger partial charge >= 0.3 is 11.8 Å². The van der Waals surface area contributed by atoms with E-state index in [1.807, 2.05) is 6.92 Å². The summed E-state index contributed by atoms with van der Waals surface area (Å²) in [5.41, 5.74) is 1.39. The average Bonchev–Trinajstić information content (AvgIpc) is 2.51. The van der Waals surface area contributed by atoms with Crippen LogP contribution < -0.4 is 5.32 Å². The average molecular weight is 326 g/mol. The summed E-state index contributed by atoms with van der Waals surface area (Å²) < 4.78 is 0. The molecular weight excluding hydrogens is 306 g/mol. The van der Waals surface area contributed by atoms with Gasteiger partial charge in [-0.1, -0.05) is 17.7 Å². The van der Waals surface area contributed by atoms with Crippen molar-refractivity contribution in [2.45, 2.75) is 6.92 Å². The third kappa shape index (κ3) is 4.19. The van der Waals surface area contributed by atoms with Gasteiger partial charge < -0.3 is 15.3 Å². The summed E-state index contributed by atoms with van der Waals surface area (Å²) in [6.45, 7) is 4.83. The summed E-state index contributed by atoms with van der Waals surface area (Å²) in [6, 6.07) is 5.14. The SMILES string of the molecule is Cc1ccc(Cl)cc1NC(=O)C(=O)N1CCN(CCO)CC1. The maximum atomic E-state index is 12.2. The molecule has 1 saturated heterocycles. The number of aliphatic hydroxyl groups is 1. The van der Waals surface area contributed by atoms with Gasteiger partial charge in [-0.3, -0.25) is 14.5 Å². The van der Waals surface area contributed by atoms with Gasteiger partial charge in [-0.05, 0) is 24.6 Å². The lowest BCUT2D eigenvalue weighted by atomic mass is 10.2. The van der Waals surface area contributed by atoms with Crippen molar-refractivity contribution in [1.82, 2.24) is 9.80 Å². The molecule has 2 amide bonds. The lowest BCUT2D eigenvalue weighted by molar-refractivity contribution is -0.144. The summed E-state index contributed by atoms with van der Waals surface area (Å²) in [5.74, 6) is -1.19. The molecule has 7 heteroatoms. The summed E-state index contributed by atoms with van der Waals surface area (Å²) in [7, 11) is 0. The molecule has 0 bridgehead atoms. The molecule has 0 radical (unpaired) electrons. The van der Waals surface area contributed by atoms with Crippen LogP contribution in [-0.4, -0.2) is 66.1 Å². The van der Waals surface area contributed by atoms with Crippen LogP contribution in [0, 0.1) is 6.92 Å². The summed E-state index contributed by atoms with van der Waals surface area (Å²) in [5, 5.41) is 12.0. The first-order valence-electron chi connectivity index (χ1n) is 7.21. The maximum absolute atomic E-state index is 12.2. The van der Waals surface area contributed by atoms with Crippen LogP contribution in [0.4, 0.5) is 5.69 Å². The van der Waals surface area contributed by atoms with E-state index in [4.69, 9.17) is 16.7 Å². The number of carbonyl (C=O) groups excluding carboxylic acids is 2. The lowest BCUT2D eigenvalue weighted by Gasteiger charge is -2.33. The Balaban J connectivity index is 1.93. The van der Waals surface area contributed by atoms with Gasteiger partial charge in [0.2, 0.25) is 0 Å². The van der Waals surface area contributed by atoms with Crippen molar-refractivity contribution >= 4 is 29.1 Å². The van der Waals surface area contributed by atoms with Crippen LogP contribution in [0.25, 0.3) is 0 Å². The number of carbonyl (C=O) groups is 2. The molecule has 1 heterocycles. The lowest BCUT2D eigenvalue weighted by Crippen LogP contribution is -2.52. The Kier molecular flexibility index (Phi) is 5.76. The Bertz CT molecular complexity index is 557. The van der Waals surface area contributed by atoms with Gasteiger partial charge in [0.15, 0.2) is 0 Å². The van der Waals surface area contributed by atoms with E-state index >= 15 is 0 Å². The van der Waals surface area contributed by atoms with Gasteiger partial charge in [0.25, 0.3) is 0 Å². The van der Waals surface area contributed by atoms with E-state index in [-0.39, 0.29) is 6.61 Å². The van der Waals surface area contributed by atoms with Crippen molar-refractivity contribution < 1.29 is 14.7 Å². The van der Waals surface area contributed by atoms with E-state index in [0.29, 0.717) is 43.4 Å². The molecular formula is C15H20ClN3O3. The van der Waals surface area contributed by atoms with Gasteiger partial charge in [0.1, 0.15) is 0 Å². The monoisotopic (exact) mass is 325 g/mol. The standard InChI is InChI=1S/C15H20ClN3O3/c1-11-2-3-12(16)10-13(11)17-14(21)15(22)19-6-4-18(5-7-19)8-9-20/h2-3,10,20H,4-9H2,1H3,(H,17,21). The fraction of sp³-hybridized carbons (Fsp3) is 0.467. The van der Waals surface area contributed by atoms with E-state index in [2.05, 4.69) is 10.2 Å². The number of hydrogen-bond donors (Lipinski definition) is 2. The maximum Gasteiger partial charge on any atom is 0.313 e. The second kappa shape index (κ2) is 7.58. The van der Waals surface area contributed by atoms with Gasteiger partial charge in [-0.25, -0.2) is 0 Å². The highest BCUT2D eigenvalue weighted by Gasteiger charge is 2.26. The van der Waals surface area contributed by atoms with E-state index in [1.165, 1.54) is 4.90 Å². The van der Waals surface area contributed by atoms with Gasteiger partial charge in [-0.2, -0.15) is 0 Å². The summed E-state index contributed by atoms with van der Waals surface area (Å²) >= 11 is 5.90. The largest absolute Gasteiger partial charge is 0.395 e. The van der Waals surface area contributed by atoms with Crippen LogP contribution in [-0.2, 0) is 9.59 Å². The number of nitrogens with zero attached hydrogens (tertiary/aromatic N) is 2. The van der Waals surface area contributed by atoms with Crippen molar-refractivity contribution in [2.75, 3.05) is 44.6 Å². The fourth-order valence-corrected chi connectivity index (χ4v) is 2.54. The molecule has 1 aromatic carbocycles. The van der Waals surface area contributed by atoms with Crippen molar-refractivity contribution in [3.63, 3.8) is 0 Å². The van der Waals surface area contributed by atoms with E-state index in [9.17, 15) is 9.59 Å². The smallest absolute Gasteiger partial charge is 0.313 e. The van der Waals surface area contributed by atoms with Gasteiger partial charge in [-0.15, -0.1) is 0 Å². The van der Waals surface area contributed by atoms with Crippen LogP contribution in [0.2, 0.25) is 5.02 Å². The molecule has 2 rings (SSSR count). The molecule has 1 aliphatic heterocycles. The van der Waals surface area contributed by atoms with Crippen LogP contribution in [0.15, 0.2) is 18.2 Å². The van der Waals surface area contributed by atoms with Crippen LogP contribution in [0.5, 0.6) is 0 Å². The third-order valence-corrected chi connectivity index (χ3v) is 3.95. The van der Waals surface area contributed by atoms with Crippen molar-refractivity contribution in [3.8, 4) is 0 Å². The molecule has 1 aliphatic rings. The molecule has 0 aliphatic carbocycles. The zero-order valence-electron chi connectivity index (χ0n) is 12.5. The second-order valence-electron chi connectivity index (χ2n) is 5.27. The first kappa shape index (κ1) is 16.7. The predicted molar refractivity (Wildman–Crippen MR) is 84.9 cm³/mol. The highest BCUT2D eigenvalue weighted by molar-refractivity contribution is 6.39. The van der Waals surface area contributed by atoms with E-state index in [1.54, 1.807) is 18.2 Å². The van der Waals surface area contributed by atoms with E-state index in [0.717, 1.165) is 5.56 Å². The number of halogens is 1. The minimum absolute atomic E-state index is 0.0997. The number of piperazine rings is 1. The molecule has 22 heavy (non-hydrogen) atoms. The van der Waals surface area contributed by atoms with E-state index < -0.39 is 11.8 Å². The summed E-state index contributed by atoms with van der Waals surface area (Å²) in [6.07, 6.45) is 0. The molecule has 0 unspecified atom stereocenters. The van der Waals surface area contributed by atoms with Crippen LogP contribution in [0.3, 0.4) is 0 Å². The molecule has 2 N–H and O–H groups in total. The molecule has 0 spiro atoms. The zero-order valence-corrected chi connectivity index (χ0v) is 13.3. The number of amides is 2. The molecule has 6 nitrogen and oxygen atoms in total. The predicted octanol–water partition coefficient (Wildman–Crippen LogP) is 0.723. The number of hydrogen-bond acceptors (Lipinski definition) is 4. The minimum atomic E-state index is -0.652. The topological polar surface area (TPSA) is 72.9 Å². The molecule has 0 atom stereocenters. The van der Waals surface area contributed by atoms with Crippen molar-refractivity contribution in [1.29, 1.82) is 0 Å². The Labute approximate surface area is 134 Å². The summed E-state index contributed by atoms with van der Waals surface area (Å²) in [4.78, 5) is 27.8. The van der Waals surface area contributed by atoms with Crippen LogP contribution >= 0.6 is 11.6 Å². The molecule has 1 aromatic rings. The number of rotatable bonds is 3. The Morgan fingerprint density at radius 3 is 2.59 bits per heavy atom. The minimum Gasteiger partial charge on any atom is -0.395 e. The Morgan fingerprint density at radius 2 is 1.95 bits per heavy atom. The zero-order chi connectivity index (χ0) is 16.1. The highest BCUT2D eigenvalue weighted by Crippen LogP contribution is 2.20. The number of anilines is 1. The normalized spacial score (nSPS) is 15.7. The first-order chi connectivity index (χ1) is 10.5. The Morgan fingerprint density at radius 1 is 1.27 bits per heavy atom. The van der Waals surface area contributed by atoms with Gasteiger partial charge in [0, 0.05) is 43.4 Å². The van der Waals surface area contributed by atoms with Crippen LogP contribution in [0.1, 0.15) is 5.56 Å². The number of aliphatic hydroxyl groups excluding tert-OH is 1. The van der Waals surface area contributed by atoms with Crippen molar-refractivity contribution in [3.05, 3.63) is 28.8 Å². The van der Waals surface area contributed by atoms with Gasteiger partial charge in [0.05, 0.1) is 6.61 Å². The number of benzene rings is 1. The molecule has 1 fully saturated rings. The first-order valence-corrected chi connectivity index (χ1v) is 7.58.